The Labute approximate surface area is 353 Å². The van der Waals surface area contributed by atoms with Crippen molar-refractivity contribution >= 4 is 50.1 Å². The number of rotatable bonds is 4. The second kappa shape index (κ2) is 16.2. The minimum Gasteiger partial charge on any atom is -0.459 e. The summed E-state index contributed by atoms with van der Waals surface area (Å²) in [4.78, 5) is 55.8. The van der Waals surface area contributed by atoms with Gasteiger partial charge in [-0.2, -0.15) is 4.98 Å². The van der Waals surface area contributed by atoms with E-state index >= 15 is 0 Å². The fourth-order valence-electron chi connectivity index (χ4n) is 8.92. The van der Waals surface area contributed by atoms with Crippen molar-refractivity contribution in [2.24, 2.45) is 17.1 Å². The van der Waals surface area contributed by atoms with Gasteiger partial charge in [-0.1, -0.05) is 66.2 Å². The van der Waals surface area contributed by atoms with E-state index in [-0.39, 0.29) is 30.8 Å². The number of ether oxygens (including phenoxy) is 1. The first-order valence-electron chi connectivity index (χ1n) is 21.6. The number of thiazole rings is 1. The molecule has 4 N–H and O–H groups in total. The van der Waals surface area contributed by atoms with Crippen molar-refractivity contribution in [1.29, 1.82) is 0 Å². The summed E-state index contributed by atoms with van der Waals surface area (Å²) in [5.74, 6) is -1.66. The maximum Gasteiger partial charge on any atom is 0.297 e. The molecule has 4 aliphatic rings. The van der Waals surface area contributed by atoms with E-state index in [0.29, 0.717) is 44.5 Å². The Bertz CT molecular complexity index is 2230. The molecule has 1 saturated heterocycles. The monoisotopic (exact) mass is 849 g/mol. The molecule has 322 valence electrons. The minimum atomic E-state index is -4.02. The van der Waals surface area contributed by atoms with E-state index in [2.05, 4.69) is 56.0 Å². The molecule has 4 heterocycles. The number of benzene rings is 1. The number of hydrogen-bond acceptors (Lipinski definition) is 10. The summed E-state index contributed by atoms with van der Waals surface area (Å²) < 4.78 is 37.9. The van der Waals surface area contributed by atoms with Crippen molar-refractivity contribution in [2.45, 2.75) is 166 Å². The third-order valence-electron chi connectivity index (χ3n) is 12.9. The fraction of sp³-hybridized carbons (Fsp3) is 0.659. The standard InChI is InChI=1S/C44H63N7O6S2/c1-9-28-24-44(28)40(54)49-59(55,56)43(21-22-43)20-15-13-11-10-12-14-19-33-34(26(2)3)46-38(58-33)30-17-16-18-31-35(30)47-41(51(31)27(4)5)57-29-23-32(37(52)48-44)50(25-29)39(53)36(45)42(6,7)8/h10-11,16-18,26-29,32,36H,9,12-15,19-25,45H2,1-8H3,(H,48,52)(H,49,54)/t28-,29-,32+,36-,44-/m1/s1. The predicted molar refractivity (Wildman–Crippen MR) is 232 cm³/mol. The van der Waals surface area contributed by atoms with E-state index in [1.807, 2.05) is 44.4 Å². The van der Waals surface area contributed by atoms with Gasteiger partial charge in [0.1, 0.15) is 28.2 Å². The van der Waals surface area contributed by atoms with Crippen molar-refractivity contribution in [3.05, 3.63) is 40.9 Å². The van der Waals surface area contributed by atoms with Gasteiger partial charge in [0.2, 0.25) is 21.8 Å². The number of nitrogens with zero attached hydrogens (tertiary/aromatic N) is 4. The minimum absolute atomic E-state index is 0.0368. The highest BCUT2D eigenvalue weighted by Crippen LogP contribution is 2.50. The Balaban J connectivity index is 1.27. The number of imidazole rings is 1. The normalized spacial score (nSPS) is 26.7. The lowest BCUT2D eigenvalue weighted by Crippen LogP contribution is -2.59. The Morgan fingerprint density at radius 1 is 1.07 bits per heavy atom. The van der Waals surface area contributed by atoms with E-state index in [4.69, 9.17) is 20.4 Å². The summed E-state index contributed by atoms with van der Waals surface area (Å²) in [6.07, 6.45) is 10.3. The number of carbonyl (C=O) groups is 3. The third kappa shape index (κ3) is 8.32. The Kier molecular flexibility index (Phi) is 11.9. The first-order chi connectivity index (χ1) is 27.8. The van der Waals surface area contributed by atoms with Crippen LogP contribution in [-0.2, 0) is 30.8 Å². The highest BCUT2D eigenvalue weighted by atomic mass is 32.2. The predicted octanol–water partition coefficient (Wildman–Crippen LogP) is 6.91. The molecule has 3 amide bonds. The van der Waals surface area contributed by atoms with Crippen molar-refractivity contribution in [2.75, 3.05) is 6.54 Å². The molecule has 0 unspecified atom stereocenters. The van der Waals surface area contributed by atoms with Crippen molar-refractivity contribution in [3.63, 3.8) is 0 Å². The summed E-state index contributed by atoms with van der Waals surface area (Å²) in [5, 5.41) is 3.88. The van der Waals surface area contributed by atoms with Crippen LogP contribution in [0.4, 0.5) is 0 Å². The van der Waals surface area contributed by atoms with Gasteiger partial charge in [-0.15, -0.1) is 11.3 Å². The lowest BCUT2D eigenvalue weighted by Gasteiger charge is -2.33. The molecule has 7 rings (SSSR count). The average molecular weight is 850 g/mol. The van der Waals surface area contributed by atoms with Gasteiger partial charge >= 0.3 is 0 Å². The first kappa shape index (κ1) is 43.3. The lowest BCUT2D eigenvalue weighted by molar-refractivity contribution is -0.142. The van der Waals surface area contributed by atoms with E-state index in [1.165, 1.54) is 9.78 Å². The zero-order valence-electron chi connectivity index (χ0n) is 36.0. The largest absolute Gasteiger partial charge is 0.459 e. The van der Waals surface area contributed by atoms with Crippen LogP contribution in [0, 0.1) is 11.3 Å². The summed E-state index contributed by atoms with van der Waals surface area (Å²) in [6.45, 7) is 16.1. The number of nitrogens with one attached hydrogen (secondary N) is 2. The number of aryl methyl sites for hydroxylation is 1. The van der Waals surface area contributed by atoms with Gasteiger partial charge in [0, 0.05) is 22.9 Å². The first-order valence-corrected chi connectivity index (χ1v) is 23.9. The maximum absolute atomic E-state index is 14.5. The molecule has 59 heavy (non-hydrogen) atoms. The molecule has 0 radical (unpaired) electrons. The van der Waals surface area contributed by atoms with Gasteiger partial charge in [0.15, 0.2) is 0 Å². The molecule has 2 aliphatic heterocycles. The summed E-state index contributed by atoms with van der Waals surface area (Å²) in [5.41, 5.74) is 8.22. The van der Waals surface area contributed by atoms with Gasteiger partial charge in [-0.3, -0.25) is 23.7 Å². The SMILES string of the molecule is CC[C@@H]1C[C@@]12NC(=O)[C@@H]1C[C@H](CN1C(=O)[C@@H](N)C(C)(C)C)Oc1nc3c(cccc3n1C(C)C)-c1nc(C(C)C)c(s1)CCCC=CCCCC1(CC1)S(=O)(=O)NC2=O. The lowest BCUT2D eigenvalue weighted by atomic mass is 9.86. The van der Waals surface area contributed by atoms with Gasteiger partial charge in [-0.25, -0.2) is 13.4 Å². The maximum atomic E-state index is 14.5. The molecule has 3 aromatic rings. The summed E-state index contributed by atoms with van der Waals surface area (Å²) in [6, 6.07) is 4.51. The van der Waals surface area contributed by atoms with Gasteiger partial charge < -0.3 is 20.7 Å². The molecule has 1 aromatic carbocycles. The summed E-state index contributed by atoms with van der Waals surface area (Å²) >= 11 is 1.71. The van der Waals surface area contributed by atoms with Crippen LogP contribution in [0.2, 0.25) is 0 Å². The number of likely N-dealkylation sites (tertiary alicyclic amines) is 1. The zero-order valence-corrected chi connectivity index (χ0v) is 37.6. The second-order valence-corrected chi connectivity index (χ2v) is 22.1. The number of hydrogen-bond donors (Lipinski definition) is 3. The smallest absolute Gasteiger partial charge is 0.297 e. The van der Waals surface area contributed by atoms with Crippen LogP contribution < -0.4 is 20.5 Å². The number of nitrogens with two attached hydrogens (primary N) is 1. The van der Waals surface area contributed by atoms with Crippen molar-refractivity contribution in [3.8, 4) is 16.6 Å². The van der Waals surface area contributed by atoms with Gasteiger partial charge in [0.05, 0.1) is 28.5 Å². The van der Waals surface area contributed by atoms with Crippen LogP contribution >= 0.6 is 11.3 Å². The number of allylic oxidation sites excluding steroid dienone is 2. The van der Waals surface area contributed by atoms with Crippen LogP contribution in [0.5, 0.6) is 6.01 Å². The molecule has 13 nitrogen and oxygen atoms in total. The van der Waals surface area contributed by atoms with Gasteiger partial charge in [-0.05, 0) is 101 Å². The quantitative estimate of drug-likeness (QED) is 0.235. The Hall–Kier alpha value is -3.82. The molecule has 2 aromatic heterocycles. The highest BCUT2D eigenvalue weighted by molar-refractivity contribution is 7.91. The average Bonchev–Trinajstić information content (AvgIpc) is 3.94. The van der Waals surface area contributed by atoms with E-state index in [9.17, 15) is 22.8 Å². The second-order valence-electron chi connectivity index (χ2n) is 19.0. The van der Waals surface area contributed by atoms with Crippen molar-refractivity contribution in [1.82, 2.24) is 29.5 Å². The van der Waals surface area contributed by atoms with Gasteiger partial charge in [0.25, 0.3) is 11.9 Å². The van der Waals surface area contributed by atoms with Crippen LogP contribution in [0.1, 0.15) is 142 Å². The number of aromatic nitrogens is 3. The summed E-state index contributed by atoms with van der Waals surface area (Å²) in [7, 11) is -4.02. The third-order valence-corrected chi connectivity index (χ3v) is 16.3. The van der Waals surface area contributed by atoms with E-state index < -0.39 is 61.6 Å². The zero-order chi connectivity index (χ0) is 42.7. The molecule has 2 saturated carbocycles. The van der Waals surface area contributed by atoms with Crippen LogP contribution in [0.3, 0.4) is 0 Å². The Morgan fingerprint density at radius 3 is 2.41 bits per heavy atom. The molecule has 2 aliphatic carbocycles. The molecule has 5 atom stereocenters. The Morgan fingerprint density at radius 2 is 1.78 bits per heavy atom. The van der Waals surface area contributed by atoms with Crippen molar-refractivity contribution < 1.29 is 27.5 Å². The van der Waals surface area contributed by atoms with E-state index in [1.54, 1.807) is 11.3 Å². The fourth-order valence-corrected chi connectivity index (χ4v) is 11.9. The number of sulfonamides is 1. The van der Waals surface area contributed by atoms with Crippen LogP contribution in [0.15, 0.2) is 30.4 Å². The molecular formula is C44H63N7O6S2. The molecule has 15 heteroatoms. The number of fused-ring (bicyclic) bond motifs is 6. The van der Waals surface area contributed by atoms with E-state index in [0.717, 1.165) is 53.0 Å². The molecule has 3 fully saturated rings. The molecular weight excluding hydrogens is 787 g/mol. The highest BCUT2D eigenvalue weighted by Gasteiger charge is 2.63. The molecule has 2 spiro atoms. The number of para-hydroxylation sites is 1. The van der Waals surface area contributed by atoms with Crippen LogP contribution in [-0.4, -0.2) is 80.6 Å². The van der Waals surface area contributed by atoms with Crippen LogP contribution in [0.25, 0.3) is 21.6 Å². The molecule has 6 bridgehead atoms. The number of amides is 3. The topological polar surface area (TPSA) is 179 Å². The number of carbonyl (C=O) groups excluding carboxylic acids is 3.